The van der Waals surface area contributed by atoms with Crippen molar-refractivity contribution in [1.82, 2.24) is 4.90 Å². The summed E-state index contributed by atoms with van der Waals surface area (Å²) in [7, 11) is 0. The number of nitrogens with zero attached hydrogens (tertiary/aromatic N) is 1. The zero-order valence-electron chi connectivity index (χ0n) is 12.5. The summed E-state index contributed by atoms with van der Waals surface area (Å²) in [5.74, 6) is 1.94. The van der Waals surface area contributed by atoms with Gasteiger partial charge in [0.05, 0.1) is 0 Å². The van der Waals surface area contributed by atoms with Crippen LogP contribution in [0.3, 0.4) is 0 Å². The molecule has 2 aliphatic heterocycles. The van der Waals surface area contributed by atoms with Crippen molar-refractivity contribution in [3.63, 3.8) is 0 Å². The SMILES string of the molecule is Cc1ccc2c(c1)CC(CN1CCC(CCN)CC1)O2. The van der Waals surface area contributed by atoms with Crippen LogP contribution in [0.15, 0.2) is 18.2 Å². The molecule has 1 aromatic rings. The topological polar surface area (TPSA) is 38.5 Å². The number of piperidine rings is 1. The van der Waals surface area contributed by atoms with E-state index >= 15 is 0 Å². The number of hydrogen-bond acceptors (Lipinski definition) is 3. The number of rotatable bonds is 4. The van der Waals surface area contributed by atoms with Crippen LogP contribution in [0.25, 0.3) is 0 Å². The van der Waals surface area contributed by atoms with Crippen molar-refractivity contribution in [2.75, 3.05) is 26.2 Å². The van der Waals surface area contributed by atoms with E-state index in [1.807, 2.05) is 0 Å². The van der Waals surface area contributed by atoms with E-state index in [1.165, 1.54) is 43.5 Å². The summed E-state index contributed by atoms with van der Waals surface area (Å²) < 4.78 is 6.08. The minimum atomic E-state index is 0.345. The molecule has 0 saturated carbocycles. The van der Waals surface area contributed by atoms with E-state index in [9.17, 15) is 0 Å². The molecule has 2 N–H and O–H groups in total. The smallest absolute Gasteiger partial charge is 0.123 e. The number of fused-ring (bicyclic) bond motifs is 1. The standard InChI is InChI=1S/C17H26N2O/c1-13-2-3-17-15(10-13)11-16(20-17)12-19-8-5-14(4-7-18)6-9-19/h2-3,10,14,16H,4-9,11-12,18H2,1H3. The lowest BCUT2D eigenvalue weighted by atomic mass is 9.93. The molecule has 20 heavy (non-hydrogen) atoms. The zero-order chi connectivity index (χ0) is 13.9. The molecule has 1 fully saturated rings. The third-order valence-corrected chi connectivity index (χ3v) is 4.70. The Bertz CT molecular complexity index is 452. The van der Waals surface area contributed by atoms with E-state index in [-0.39, 0.29) is 0 Å². The van der Waals surface area contributed by atoms with Gasteiger partial charge in [-0.15, -0.1) is 0 Å². The Kier molecular flexibility index (Phi) is 4.27. The van der Waals surface area contributed by atoms with Gasteiger partial charge in [-0.2, -0.15) is 0 Å². The molecule has 0 aromatic heterocycles. The van der Waals surface area contributed by atoms with Crippen LogP contribution < -0.4 is 10.5 Å². The van der Waals surface area contributed by atoms with Crippen LogP contribution in [-0.2, 0) is 6.42 Å². The molecule has 0 bridgehead atoms. The van der Waals surface area contributed by atoms with Gasteiger partial charge >= 0.3 is 0 Å². The quantitative estimate of drug-likeness (QED) is 0.916. The second-order valence-electron chi connectivity index (χ2n) is 6.38. The second-order valence-corrected chi connectivity index (χ2v) is 6.38. The second kappa shape index (κ2) is 6.15. The Morgan fingerprint density at radius 1 is 1.30 bits per heavy atom. The predicted octanol–water partition coefficient (Wildman–Crippen LogP) is 2.36. The number of benzene rings is 1. The number of hydrogen-bond donors (Lipinski definition) is 1. The molecular weight excluding hydrogens is 248 g/mol. The van der Waals surface area contributed by atoms with Gasteiger partial charge in [0.15, 0.2) is 0 Å². The number of nitrogens with two attached hydrogens (primary N) is 1. The first kappa shape index (κ1) is 13.9. The maximum atomic E-state index is 6.08. The highest BCUT2D eigenvalue weighted by Gasteiger charge is 2.27. The molecule has 0 amide bonds. The lowest BCUT2D eigenvalue weighted by Crippen LogP contribution is -2.40. The number of likely N-dealkylation sites (tertiary alicyclic amines) is 1. The molecule has 3 nitrogen and oxygen atoms in total. The molecular formula is C17H26N2O. The lowest BCUT2D eigenvalue weighted by molar-refractivity contribution is 0.115. The van der Waals surface area contributed by atoms with Crippen molar-refractivity contribution in [2.24, 2.45) is 11.7 Å². The van der Waals surface area contributed by atoms with Crippen molar-refractivity contribution >= 4 is 0 Å². The maximum Gasteiger partial charge on any atom is 0.123 e. The Balaban J connectivity index is 1.49. The minimum absolute atomic E-state index is 0.345. The van der Waals surface area contributed by atoms with Crippen LogP contribution >= 0.6 is 0 Å². The highest BCUT2D eigenvalue weighted by atomic mass is 16.5. The molecule has 0 spiro atoms. The molecule has 1 aromatic carbocycles. The van der Waals surface area contributed by atoms with Crippen molar-refractivity contribution < 1.29 is 4.74 Å². The van der Waals surface area contributed by atoms with Gasteiger partial charge in [0.25, 0.3) is 0 Å². The Hall–Kier alpha value is -1.06. The van der Waals surface area contributed by atoms with Crippen molar-refractivity contribution in [3.8, 4) is 5.75 Å². The largest absolute Gasteiger partial charge is 0.488 e. The van der Waals surface area contributed by atoms with E-state index in [1.54, 1.807) is 0 Å². The molecule has 1 unspecified atom stereocenters. The van der Waals surface area contributed by atoms with Crippen molar-refractivity contribution in [2.45, 2.75) is 38.7 Å². The van der Waals surface area contributed by atoms with Gasteiger partial charge < -0.3 is 10.5 Å². The van der Waals surface area contributed by atoms with E-state index in [2.05, 4.69) is 30.0 Å². The molecule has 2 heterocycles. The first-order valence-electron chi connectivity index (χ1n) is 7.93. The predicted molar refractivity (Wildman–Crippen MR) is 82.1 cm³/mol. The average Bonchev–Trinajstić information content (AvgIpc) is 2.82. The van der Waals surface area contributed by atoms with Crippen LogP contribution in [0.2, 0.25) is 0 Å². The van der Waals surface area contributed by atoms with E-state index < -0.39 is 0 Å². The molecule has 3 rings (SSSR count). The van der Waals surface area contributed by atoms with Crippen LogP contribution in [0.4, 0.5) is 0 Å². The first-order chi connectivity index (χ1) is 9.74. The fourth-order valence-electron chi connectivity index (χ4n) is 3.53. The van der Waals surface area contributed by atoms with Crippen LogP contribution in [0.5, 0.6) is 5.75 Å². The van der Waals surface area contributed by atoms with Gasteiger partial charge in [0.2, 0.25) is 0 Å². The summed E-state index contributed by atoms with van der Waals surface area (Å²) >= 11 is 0. The fourth-order valence-corrected chi connectivity index (χ4v) is 3.53. The number of aryl methyl sites for hydroxylation is 1. The minimum Gasteiger partial charge on any atom is -0.488 e. The maximum absolute atomic E-state index is 6.08. The molecule has 3 heteroatoms. The van der Waals surface area contributed by atoms with E-state index in [0.717, 1.165) is 31.2 Å². The summed E-state index contributed by atoms with van der Waals surface area (Å²) in [5.41, 5.74) is 8.37. The molecule has 2 aliphatic rings. The fraction of sp³-hybridized carbons (Fsp3) is 0.647. The monoisotopic (exact) mass is 274 g/mol. The van der Waals surface area contributed by atoms with Crippen LogP contribution in [0, 0.1) is 12.8 Å². The third-order valence-electron chi connectivity index (χ3n) is 4.70. The van der Waals surface area contributed by atoms with Gasteiger partial charge in [0.1, 0.15) is 11.9 Å². The highest BCUT2D eigenvalue weighted by Crippen LogP contribution is 2.30. The molecule has 0 aliphatic carbocycles. The van der Waals surface area contributed by atoms with E-state index in [4.69, 9.17) is 10.5 Å². The summed E-state index contributed by atoms with van der Waals surface area (Å²) in [4.78, 5) is 2.57. The molecule has 0 radical (unpaired) electrons. The van der Waals surface area contributed by atoms with Gasteiger partial charge in [0, 0.05) is 13.0 Å². The highest BCUT2D eigenvalue weighted by molar-refractivity contribution is 5.40. The van der Waals surface area contributed by atoms with Gasteiger partial charge in [-0.25, -0.2) is 0 Å². The summed E-state index contributed by atoms with van der Waals surface area (Å²) in [6, 6.07) is 6.53. The van der Waals surface area contributed by atoms with Crippen LogP contribution in [-0.4, -0.2) is 37.2 Å². The Morgan fingerprint density at radius 3 is 2.85 bits per heavy atom. The van der Waals surface area contributed by atoms with Crippen molar-refractivity contribution in [3.05, 3.63) is 29.3 Å². The third kappa shape index (κ3) is 3.15. The first-order valence-corrected chi connectivity index (χ1v) is 7.93. The van der Waals surface area contributed by atoms with Gasteiger partial charge in [-0.05, 0) is 63.4 Å². The van der Waals surface area contributed by atoms with Crippen molar-refractivity contribution in [1.29, 1.82) is 0 Å². The van der Waals surface area contributed by atoms with Gasteiger partial charge in [-0.3, -0.25) is 4.90 Å². The average molecular weight is 274 g/mol. The summed E-state index contributed by atoms with van der Waals surface area (Å²) in [6.07, 6.45) is 5.21. The van der Waals surface area contributed by atoms with E-state index in [0.29, 0.717) is 6.10 Å². The molecule has 1 saturated heterocycles. The molecule has 110 valence electrons. The van der Waals surface area contributed by atoms with Crippen LogP contribution in [0.1, 0.15) is 30.4 Å². The lowest BCUT2D eigenvalue weighted by Gasteiger charge is -2.33. The summed E-state index contributed by atoms with van der Waals surface area (Å²) in [6.45, 7) is 6.48. The Morgan fingerprint density at radius 2 is 2.10 bits per heavy atom. The molecule has 1 atom stereocenters. The summed E-state index contributed by atoms with van der Waals surface area (Å²) in [5, 5.41) is 0. The number of ether oxygens (including phenoxy) is 1. The Labute approximate surface area is 122 Å². The van der Waals surface area contributed by atoms with Gasteiger partial charge in [-0.1, -0.05) is 17.7 Å². The normalized spacial score (nSPS) is 23.6. The zero-order valence-corrected chi connectivity index (χ0v) is 12.5.